The van der Waals surface area contributed by atoms with E-state index in [0.717, 1.165) is 18.5 Å². The van der Waals surface area contributed by atoms with Crippen LogP contribution in [-0.4, -0.2) is 40.3 Å². The molecule has 2 aromatic rings. The first kappa shape index (κ1) is 20.0. The standard InChI is InChI=1S/C15H23N7S.CH4/c16-7-4-8-17-13-20-14(18-9-10-23)22-15(21-13)19-11-12-5-2-1-3-6-12;/h1-3,5-6,23H,4,7-11,16H2,(H3,17,18,19,20,21,22);1H4. The Balaban J connectivity index is 0.00000288. The van der Waals surface area contributed by atoms with Crippen molar-refractivity contribution in [3.8, 4) is 0 Å². The van der Waals surface area contributed by atoms with Gasteiger partial charge in [-0.1, -0.05) is 37.8 Å². The molecule has 2 rings (SSSR count). The number of nitrogens with one attached hydrogen (secondary N) is 3. The lowest BCUT2D eigenvalue weighted by atomic mass is 10.2. The summed E-state index contributed by atoms with van der Waals surface area (Å²) in [6.45, 7) is 2.69. The maximum Gasteiger partial charge on any atom is 0.229 e. The number of hydrogen-bond acceptors (Lipinski definition) is 8. The fourth-order valence-corrected chi connectivity index (χ4v) is 1.97. The van der Waals surface area contributed by atoms with Crippen molar-refractivity contribution in [3.63, 3.8) is 0 Å². The molecule has 8 heteroatoms. The third kappa shape index (κ3) is 7.01. The summed E-state index contributed by atoms with van der Waals surface area (Å²) < 4.78 is 0. The molecule has 0 radical (unpaired) electrons. The van der Waals surface area contributed by atoms with Gasteiger partial charge in [0.2, 0.25) is 17.8 Å². The molecule has 1 heterocycles. The summed E-state index contributed by atoms with van der Waals surface area (Å²) in [5.74, 6) is 2.29. The highest BCUT2D eigenvalue weighted by molar-refractivity contribution is 7.80. The molecular weight excluding hydrogens is 322 g/mol. The molecular formula is C16H27N7S. The minimum Gasteiger partial charge on any atom is -0.354 e. The lowest BCUT2D eigenvalue weighted by molar-refractivity contribution is 0.859. The first-order valence-corrected chi connectivity index (χ1v) is 8.27. The fraction of sp³-hybridized carbons (Fsp3) is 0.438. The Hall–Kier alpha value is -2.06. The predicted octanol–water partition coefficient (Wildman–Crippen LogP) is 2.22. The molecule has 0 amide bonds. The second-order valence-electron chi connectivity index (χ2n) is 4.86. The Bertz CT molecular complexity index is 580. The van der Waals surface area contributed by atoms with Crippen LogP contribution in [0, 0.1) is 0 Å². The van der Waals surface area contributed by atoms with E-state index < -0.39 is 0 Å². The van der Waals surface area contributed by atoms with E-state index in [1.54, 1.807) is 0 Å². The zero-order chi connectivity index (χ0) is 16.3. The van der Waals surface area contributed by atoms with Crippen LogP contribution in [0.3, 0.4) is 0 Å². The number of benzene rings is 1. The number of anilines is 3. The molecule has 0 fully saturated rings. The van der Waals surface area contributed by atoms with E-state index in [0.29, 0.717) is 43.2 Å². The van der Waals surface area contributed by atoms with Gasteiger partial charge in [0, 0.05) is 25.4 Å². The van der Waals surface area contributed by atoms with E-state index in [1.807, 2.05) is 18.2 Å². The van der Waals surface area contributed by atoms with E-state index in [9.17, 15) is 0 Å². The Morgan fingerprint density at radius 3 is 2.04 bits per heavy atom. The van der Waals surface area contributed by atoms with Crippen LogP contribution in [0.25, 0.3) is 0 Å². The number of nitrogens with two attached hydrogens (primary N) is 1. The molecule has 7 nitrogen and oxygen atoms in total. The molecule has 132 valence electrons. The molecule has 0 spiro atoms. The Kier molecular flexibility index (Phi) is 9.55. The average molecular weight is 350 g/mol. The molecule has 0 unspecified atom stereocenters. The molecule has 0 aliphatic rings. The quantitative estimate of drug-likeness (QED) is 0.331. The van der Waals surface area contributed by atoms with E-state index in [2.05, 4.69) is 55.7 Å². The van der Waals surface area contributed by atoms with Crippen molar-refractivity contribution >= 4 is 30.5 Å². The van der Waals surface area contributed by atoms with Crippen molar-refractivity contribution in [1.29, 1.82) is 0 Å². The summed E-state index contributed by atoms with van der Waals surface area (Å²) in [7, 11) is 0. The summed E-state index contributed by atoms with van der Waals surface area (Å²) in [5.41, 5.74) is 6.67. The van der Waals surface area contributed by atoms with E-state index in [4.69, 9.17) is 5.73 Å². The fourth-order valence-electron chi connectivity index (χ4n) is 1.86. The molecule has 5 N–H and O–H groups in total. The summed E-state index contributed by atoms with van der Waals surface area (Å²) in [4.78, 5) is 13.1. The van der Waals surface area contributed by atoms with Gasteiger partial charge in [0.15, 0.2) is 0 Å². The Morgan fingerprint density at radius 2 is 1.46 bits per heavy atom. The van der Waals surface area contributed by atoms with Crippen molar-refractivity contribution in [2.75, 3.05) is 41.3 Å². The van der Waals surface area contributed by atoms with Crippen LogP contribution < -0.4 is 21.7 Å². The van der Waals surface area contributed by atoms with Crippen LogP contribution in [0.1, 0.15) is 19.4 Å². The maximum atomic E-state index is 5.50. The third-order valence-electron chi connectivity index (χ3n) is 2.99. The van der Waals surface area contributed by atoms with Gasteiger partial charge in [0.1, 0.15) is 0 Å². The van der Waals surface area contributed by atoms with Gasteiger partial charge in [-0.2, -0.15) is 27.6 Å². The SMILES string of the molecule is C.NCCCNc1nc(NCCS)nc(NCc2ccccc2)n1. The molecule has 1 aromatic carbocycles. The van der Waals surface area contributed by atoms with Gasteiger partial charge in [-0.15, -0.1) is 0 Å². The van der Waals surface area contributed by atoms with Crippen molar-refractivity contribution in [3.05, 3.63) is 35.9 Å². The first-order chi connectivity index (χ1) is 11.3. The Morgan fingerprint density at radius 1 is 0.875 bits per heavy atom. The number of aromatic nitrogens is 3. The van der Waals surface area contributed by atoms with Crippen molar-refractivity contribution in [1.82, 2.24) is 15.0 Å². The smallest absolute Gasteiger partial charge is 0.229 e. The zero-order valence-electron chi connectivity index (χ0n) is 13.0. The van der Waals surface area contributed by atoms with Crippen LogP contribution in [0.2, 0.25) is 0 Å². The van der Waals surface area contributed by atoms with Gasteiger partial charge in [-0.05, 0) is 18.5 Å². The zero-order valence-corrected chi connectivity index (χ0v) is 13.9. The Labute approximate surface area is 149 Å². The minimum absolute atomic E-state index is 0. The number of nitrogens with zero attached hydrogens (tertiary/aromatic N) is 3. The minimum atomic E-state index is 0. The highest BCUT2D eigenvalue weighted by Crippen LogP contribution is 2.11. The van der Waals surface area contributed by atoms with Gasteiger partial charge >= 0.3 is 0 Å². The molecule has 0 bridgehead atoms. The molecule has 0 aliphatic heterocycles. The van der Waals surface area contributed by atoms with Gasteiger partial charge in [-0.25, -0.2) is 0 Å². The largest absolute Gasteiger partial charge is 0.354 e. The van der Waals surface area contributed by atoms with Crippen LogP contribution in [-0.2, 0) is 6.54 Å². The van der Waals surface area contributed by atoms with E-state index >= 15 is 0 Å². The molecule has 0 saturated carbocycles. The lowest BCUT2D eigenvalue weighted by Crippen LogP contribution is -2.15. The van der Waals surface area contributed by atoms with Crippen LogP contribution in [0.15, 0.2) is 30.3 Å². The van der Waals surface area contributed by atoms with E-state index in [1.165, 1.54) is 0 Å². The van der Waals surface area contributed by atoms with Crippen molar-refractivity contribution in [2.45, 2.75) is 20.4 Å². The van der Waals surface area contributed by atoms with Gasteiger partial charge in [-0.3, -0.25) is 0 Å². The number of thiol groups is 1. The highest BCUT2D eigenvalue weighted by Gasteiger charge is 2.06. The maximum absolute atomic E-state index is 5.50. The predicted molar refractivity (Wildman–Crippen MR) is 105 cm³/mol. The normalized spacial score (nSPS) is 9.92. The summed E-state index contributed by atoms with van der Waals surface area (Å²) in [6.07, 6.45) is 0.859. The molecule has 0 saturated heterocycles. The van der Waals surface area contributed by atoms with Gasteiger partial charge < -0.3 is 21.7 Å². The third-order valence-corrected chi connectivity index (χ3v) is 3.21. The second kappa shape index (κ2) is 11.5. The topological polar surface area (TPSA) is 101 Å². The number of hydrogen-bond donors (Lipinski definition) is 5. The molecule has 24 heavy (non-hydrogen) atoms. The van der Waals surface area contributed by atoms with Gasteiger partial charge in [0.25, 0.3) is 0 Å². The van der Waals surface area contributed by atoms with Gasteiger partial charge in [0.05, 0.1) is 0 Å². The van der Waals surface area contributed by atoms with Crippen LogP contribution in [0.5, 0.6) is 0 Å². The van der Waals surface area contributed by atoms with Crippen molar-refractivity contribution in [2.24, 2.45) is 5.73 Å². The summed E-state index contributed by atoms with van der Waals surface area (Å²) in [6, 6.07) is 10.1. The average Bonchev–Trinajstić information content (AvgIpc) is 2.59. The number of rotatable bonds is 10. The first-order valence-electron chi connectivity index (χ1n) is 7.64. The highest BCUT2D eigenvalue weighted by atomic mass is 32.1. The lowest BCUT2D eigenvalue weighted by Gasteiger charge is -2.11. The van der Waals surface area contributed by atoms with Crippen LogP contribution >= 0.6 is 12.6 Å². The van der Waals surface area contributed by atoms with Crippen molar-refractivity contribution < 1.29 is 0 Å². The second-order valence-corrected chi connectivity index (χ2v) is 5.31. The molecule has 0 atom stereocenters. The molecule has 1 aromatic heterocycles. The summed E-state index contributed by atoms with van der Waals surface area (Å²) in [5, 5.41) is 9.50. The summed E-state index contributed by atoms with van der Waals surface area (Å²) >= 11 is 4.18. The van der Waals surface area contributed by atoms with E-state index in [-0.39, 0.29) is 7.43 Å². The monoisotopic (exact) mass is 349 g/mol. The van der Waals surface area contributed by atoms with Crippen LogP contribution in [0.4, 0.5) is 17.8 Å². The molecule has 0 aliphatic carbocycles.